The molecule has 0 radical (unpaired) electrons. The molecule has 152 valence electrons. The van der Waals surface area contributed by atoms with Crippen LogP contribution in [0.5, 0.6) is 0 Å². The van der Waals surface area contributed by atoms with Crippen LogP contribution in [0, 0.1) is 5.92 Å². The third-order valence-corrected chi connectivity index (χ3v) is 4.93. The van der Waals surface area contributed by atoms with Gasteiger partial charge in [-0.1, -0.05) is 18.2 Å². The summed E-state index contributed by atoms with van der Waals surface area (Å²) in [4.78, 5) is 14.7. The van der Waals surface area contributed by atoms with E-state index in [-0.39, 0.29) is 17.9 Å². The third-order valence-electron chi connectivity index (χ3n) is 4.93. The predicted molar refractivity (Wildman–Crippen MR) is 106 cm³/mol. The molecule has 0 spiro atoms. The van der Waals surface area contributed by atoms with Crippen molar-refractivity contribution in [2.45, 2.75) is 45.8 Å². The average Bonchev–Trinajstić information content (AvgIpc) is 3.16. The maximum absolute atomic E-state index is 12.4. The summed E-state index contributed by atoms with van der Waals surface area (Å²) in [7, 11) is 0. The van der Waals surface area contributed by atoms with Gasteiger partial charge in [0, 0.05) is 19.1 Å². The van der Waals surface area contributed by atoms with Crippen molar-refractivity contribution in [3.8, 4) is 5.69 Å². The van der Waals surface area contributed by atoms with Gasteiger partial charge >= 0.3 is 0 Å². The maximum Gasteiger partial charge on any atom is 0.223 e. The zero-order valence-corrected chi connectivity index (χ0v) is 16.8. The van der Waals surface area contributed by atoms with Crippen LogP contribution in [-0.4, -0.2) is 63.4 Å². The van der Waals surface area contributed by atoms with Crippen molar-refractivity contribution in [1.29, 1.82) is 0 Å². The molecule has 0 saturated carbocycles. The van der Waals surface area contributed by atoms with Crippen molar-refractivity contribution in [3.63, 3.8) is 0 Å². The monoisotopic (exact) mass is 386 g/mol. The molecule has 8 heteroatoms. The molecule has 8 nitrogen and oxygen atoms in total. The highest BCUT2D eigenvalue weighted by Gasteiger charge is 2.25. The number of nitrogens with one attached hydrogen (secondary N) is 1. The van der Waals surface area contributed by atoms with Gasteiger partial charge in [-0.15, -0.1) is 5.10 Å². The molecule has 1 aliphatic heterocycles. The van der Waals surface area contributed by atoms with Crippen molar-refractivity contribution in [2.75, 3.05) is 26.2 Å². The first kappa shape index (κ1) is 20.4. The number of rotatable bonds is 9. The summed E-state index contributed by atoms with van der Waals surface area (Å²) in [5.41, 5.74) is 0.957. The smallest absolute Gasteiger partial charge is 0.223 e. The molecule has 1 saturated heterocycles. The minimum Gasteiger partial charge on any atom is -0.379 e. The summed E-state index contributed by atoms with van der Waals surface area (Å²) in [5, 5.41) is 15.2. The second kappa shape index (κ2) is 10.3. The van der Waals surface area contributed by atoms with Crippen molar-refractivity contribution < 1.29 is 9.53 Å². The molecular formula is C20H30N6O2. The summed E-state index contributed by atoms with van der Waals surface area (Å²) >= 11 is 0. The summed E-state index contributed by atoms with van der Waals surface area (Å²) in [5.74, 6) is 1.07. The van der Waals surface area contributed by atoms with Gasteiger partial charge in [-0.2, -0.15) is 4.68 Å². The van der Waals surface area contributed by atoms with Crippen LogP contribution >= 0.6 is 0 Å². The standard InChI is InChI=1S/C20H30N6O2/c1-16(2)28-14-6-11-21-20(27)17-9-12-25(13-10-17)15-19-22-23-24-26(19)18-7-4-3-5-8-18/h3-5,7-8,16-17H,6,9-15H2,1-2H3,(H,21,27). The molecule has 1 aromatic heterocycles. The molecule has 28 heavy (non-hydrogen) atoms. The van der Waals surface area contributed by atoms with E-state index in [0.717, 1.165) is 43.9 Å². The average molecular weight is 387 g/mol. The molecule has 1 aromatic carbocycles. The molecule has 0 bridgehead atoms. The zero-order chi connectivity index (χ0) is 19.8. The maximum atomic E-state index is 12.4. The van der Waals surface area contributed by atoms with Crippen LogP contribution in [0.25, 0.3) is 5.69 Å². The van der Waals surface area contributed by atoms with E-state index in [1.165, 1.54) is 0 Å². The van der Waals surface area contributed by atoms with E-state index in [0.29, 0.717) is 19.7 Å². The number of carbonyl (C=O) groups is 1. The van der Waals surface area contributed by atoms with Crippen LogP contribution in [-0.2, 0) is 16.1 Å². The molecule has 1 aliphatic rings. The third kappa shape index (κ3) is 5.84. The SMILES string of the molecule is CC(C)OCCCNC(=O)C1CCN(Cc2nnnn2-c2ccccc2)CC1. The van der Waals surface area contributed by atoms with Gasteiger partial charge in [-0.25, -0.2) is 0 Å². The number of para-hydroxylation sites is 1. The number of amides is 1. The Morgan fingerprint density at radius 1 is 1.25 bits per heavy atom. The minimum absolute atomic E-state index is 0.0902. The van der Waals surface area contributed by atoms with Gasteiger partial charge < -0.3 is 10.1 Å². The van der Waals surface area contributed by atoms with Crippen molar-refractivity contribution in [2.24, 2.45) is 5.92 Å². The van der Waals surface area contributed by atoms with E-state index in [4.69, 9.17) is 4.74 Å². The highest BCUT2D eigenvalue weighted by molar-refractivity contribution is 5.78. The van der Waals surface area contributed by atoms with Crippen LogP contribution in [0.1, 0.15) is 38.9 Å². The molecular weight excluding hydrogens is 356 g/mol. The molecule has 3 rings (SSSR count). The Bertz CT molecular complexity index is 725. The first-order valence-corrected chi connectivity index (χ1v) is 10.1. The molecule has 1 fully saturated rings. The number of ether oxygens (including phenoxy) is 1. The number of piperidine rings is 1. The van der Waals surface area contributed by atoms with Gasteiger partial charge in [0.15, 0.2) is 5.82 Å². The lowest BCUT2D eigenvalue weighted by atomic mass is 9.96. The van der Waals surface area contributed by atoms with E-state index < -0.39 is 0 Å². The normalized spacial score (nSPS) is 15.8. The summed E-state index contributed by atoms with van der Waals surface area (Å²) in [6.07, 6.45) is 2.82. The molecule has 2 heterocycles. The fraction of sp³-hybridized carbons (Fsp3) is 0.600. The first-order valence-electron chi connectivity index (χ1n) is 10.1. The molecule has 0 atom stereocenters. The summed E-state index contributed by atoms with van der Waals surface area (Å²) in [6.45, 7) is 7.83. The number of aromatic nitrogens is 4. The molecule has 1 N–H and O–H groups in total. The number of likely N-dealkylation sites (tertiary alicyclic amines) is 1. The van der Waals surface area contributed by atoms with E-state index in [9.17, 15) is 4.79 Å². The largest absolute Gasteiger partial charge is 0.379 e. The van der Waals surface area contributed by atoms with Gasteiger partial charge in [0.1, 0.15) is 0 Å². The Kier molecular flexibility index (Phi) is 7.50. The predicted octanol–water partition coefficient (Wildman–Crippen LogP) is 1.81. The van der Waals surface area contributed by atoms with Crippen molar-refractivity contribution >= 4 is 5.91 Å². The highest BCUT2D eigenvalue weighted by Crippen LogP contribution is 2.19. The van der Waals surface area contributed by atoms with Gasteiger partial charge in [-0.3, -0.25) is 9.69 Å². The molecule has 0 unspecified atom stereocenters. The van der Waals surface area contributed by atoms with Gasteiger partial charge in [-0.05, 0) is 68.8 Å². The Morgan fingerprint density at radius 2 is 2.00 bits per heavy atom. The van der Waals surface area contributed by atoms with E-state index in [1.54, 1.807) is 4.68 Å². The Labute approximate surface area is 166 Å². The Morgan fingerprint density at radius 3 is 2.71 bits per heavy atom. The van der Waals surface area contributed by atoms with Crippen LogP contribution in [0.4, 0.5) is 0 Å². The second-order valence-corrected chi connectivity index (χ2v) is 7.46. The zero-order valence-electron chi connectivity index (χ0n) is 16.8. The Hall–Kier alpha value is -2.32. The summed E-state index contributed by atoms with van der Waals surface area (Å²) < 4.78 is 7.27. The van der Waals surface area contributed by atoms with Crippen LogP contribution in [0.2, 0.25) is 0 Å². The van der Waals surface area contributed by atoms with Gasteiger partial charge in [0.25, 0.3) is 0 Å². The molecule has 1 amide bonds. The first-order chi connectivity index (χ1) is 13.6. The fourth-order valence-corrected chi connectivity index (χ4v) is 3.37. The molecule has 0 aliphatic carbocycles. The number of nitrogens with zero attached hydrogens (tertiary/aromatic N) is 5. The number of hydrogen-bond donors (Lipinski definition) is 1. The van der Waals surface area contributed by atoms with Crippen molar-refractivity contribution in [3.05, 3.63) is 36.2 Å². The van der Waals surface area contributed by atoms with Crippen molar-refractivity contribution in [1.82, 2.24) is 30.4 Å². The fourth-order valence-electron chi connectivity index (χ4n) is 3.37. The lowest BCUT2D eigenvalue weighted by molar-refractivity contribution is -0.126. The van der Waals surface area contributed by atoms with E-state index in [2.05, 4.69) is 25.7 Å². The van der Waals surface area contributed by atoms with Crippen LogP contribution in [0.3, 0.4) is 0 Å². The Balaban J connectivity index is 1.41. The minimum atomic E-state index is 0.0902. The quantitative estimate of drug-likeness (QED) is 0.662. The summed E-state index contributed by atoms with van der Waals surface area (Å²) in [6, 6.07) is 9.89. The number of hydrogen-bond acceptors (Lipinski definition) is 6. The highest BCUT2D eigenvalue weighted by atomic mass is 16.5. The van der Waals surface area contributed by atoms with Crippen LogP contribution < -0.4 is 5.32 Å². The lowest BCUT2D eigenvalue weighted by Gasteiger charge is -2.30. The topological polar surface area (TPSA) is 85.2 Å². The number of tetrazole rings is 1. The van der Waals surface area contributed by atoms with Gasteiger partial charge in [0.05, 0.1) is 18.3 Å². The second-order valence-electron chi connectivity index (χ2n) is 7.46. The number of benzene rings is 1. The lowest BCUT2D eigenvalue weighted by Crippen LogP contribution is -2.40. The van der Waals surface area contributed by atoms with Crippen LogP contribution in [0.15, 0.2) is 30.3 Å². The van der Waals surface area contributed by atoms with Gasteiger partial charge in [0.2, 0.25) is 5.91 Å². The van der Waals surface area contributed by atoms with E-state index in [1.807, 2.05) is 44.2 Å². The van der Waals surface area contributed by atoms with E-state index >= 15 is 0 Å². The number of carbonyl (C=O) groups excluding carboxylic acids is 1. The molecule has 2 aromatic rings.